The van der Waals surface area contributed by atoms with Gasteiger partial charge in [-0.15, -0.1) is 0 Å². The van der Waals surface area contributed by atoms with Gasteiger partial charge in [0.25, 0.3) is 5.91 Å². The number of nitrogens with zero attached hydrogens (tertiary/aromatic N) is 1. The van der Waals surface area contributed by atoms with Crippen LogP contribution in [0.15, 0.2) is 48.5 Å². The van der Waals surface area contributed by atoms with Gasteiger partial charge in [-0.2, -0.15) is 0 Å². The van der Waals surface area contributed by atoms with Gasteiger partial charge in [-0.3, -0.25) is 14.4 Å². The summed E-state index contributed by atoms with van der Waals surface area (Å²) in [4.78, 5) is 37.2. The second kappa shape index (κ2) is 8.44. The minimum Gasteiger partial charge on any atom is -0.350 e. The fourth-order valence-corrected chi connectivity index (χ4v) is 2.88. The Labute approximate surface area is 156 Å². The van der Waals surface area contributed by atoms with Crippen molar-refractivity contribution < 1.29 is 18.8 Å². The summed E-state index contributed by atoms with van der Waals surface area (Å²) < 4.78 is 13.5. The average Bonchev–Trinajstić information content (AvgIpc) is 3.11. The van der Waals surface area contributed by atoms with Gasteiger partial charge in [0.05, 0.1) is 12.1 Å². The summed E-state index contributed by atoms with van der Waals surface area (Å²) in [5.41, 5.74) is 1.63. The Kier molecular flexibility index (Phi) is 5.80. The van der Waals surface area contributed by atoms with Crippen LogP contribution in [0.5, 0.6) is 0 Å². The Hall–Kier alpha value is -3.22. The SMILES string of the molecule is O=C(CNC(=O)c1ccccc1F)NCc1ccc(N2CCCC2=O)cc1. The van der Waals surface area contributed by atoms with Gasteiger partial charge in [0.1, 0.15) is 5.82 Å². The molecule has 1 aliphatic rings. The molecule has 1 aliphatic heterocycles. The molecule has 27 heavy (non-hydrogen) atoms. The molecule has 0 aromatic heterocycles. The summed E-state index contributed by atoms with van der Waals surface area (Å²) >= 11 is 0. The molecule has 2 aromatic carbocycles. The largest absolute Gasteiger partial charge is 0.350 e. The van der Waals surface area contributed by atoms with E-state index in [0.717, 1.165) is 24.2 Å². The molecule has 1 fully saturated rings. The number of rotatable bonds is 6. The van der Waals surface area contributed by atoms with Gasteiger partial charge in [-0.1, -0.05) is 24.3 Å². The van der Waals surface area contributed by atoms with Crippen molar-refractivity contribution in [2.24, 2.45) is 0 Å². The average molecular weight is 369 g/mol. The van der Waals surface area contributed by atoms with Gasteiger partial charge < -0.3 is 15.5 Å². The Balaban J connectivity index is 1.46. The van der Waals surface area contributed by atoms with E-state index in [1.807, 2.05) is 24.3 Å². The van der Waals surface area contributed by atoms with Crippen molar-refractivity contribution in [3.05, 3.63) is 65.5 Å². The summed E-state index contributed by atoms with van der Waals surface area (Å²) in [7, 11) is 0. The molecule has 0 spiro atoms. The molecule has 140 valence electrons. The third kappa shape index (κ3) is 4.69. The van der Waals surface area contributed by atoms with Gasteiger partial charge >= 0.3 is 0 Å². The number of anilines is 1. The Morgan fingerprint density at radius 3 is 2.44 bits per heavy atom. The zero-order chi connectivity index (χ0) is 19.2. The van der Waals surface area contributed by atoms with Crippen LogP contribution in [0.4, 0.5) is 10.1 Å². The minimum absolute atomic E-state index is 0.0997. The predicted molar refractivity (Wildman–Crippen MR) is 98.6 cm³/mol. The lowest BCUT2D eigenvalue weighted by molar-refractivity contribution is -0.120. The van der Waals surface area contributed by atoms with Crippen LogP contribution in [0.3, 0.4) is 0 Å². The molecule has 3 amide bonds. The van der Waals surface area contributed by atoms with E-state index in [1.54, 1.807) is 11.0 Å². The molecule has 2 N–H and O–H groups in total. The Bertz CT molecular complexity index is 852. The van der Waals surface area contributed by atoms with Crippen LogP contribution in [-0.4, -0.2) is 30.8 Å². The maximum Gasteiger partial charge on any atom is 0.254 e. The molecule has 7 heteroatoms. The topological polar surface area (TPSA) is 78.5 Å². The van der Waals surface area contributed by atoms with E-state index < -0.39 is 11.7 Å². The molecule has 6 nitrogen and oxygen atoms in total. The van der Waals surface area contributed by atoms with Gasteiger partial charge in [-0.25, -0.2) is 4.39 Å². The lowest BCUT2D eigenvalue weighted by atomic mass is 10.2. The van der Waals surface area contributed by atoms with Crippen molar-refractivity contribution in [2.45, 2.75) is 19.4 Å². The lowest BCUT2D eigenvalue weighted by Gasteiger charge is -2.16. The lowest BCUT2D eigenvalue weighted by Crippen LogP contribution is -2.36. The number of carbonyl (C=O) groups is 3. The standard InChI is InChI=1S/C20H20FN3O3/c21-17-5-2-1-4-16(17)20(27)23-13-18(25)22-12-14-7-9-15(10-8-14)24-11-3-6-19(24)26/h1-2,4-5,7-10H,3,6,11-13H2,(H,22,25)(H,23,27). The van der Waals surface area contributed by atoms with Crippen molar-refractivity contribution in [3.63, 3.8) is 0 Å². The van der Waals surface area contributed by atoms with E-state index in [1.165, 1.54) is 18.2 Å². The Morgan fingerprint density at radius 1 is 1.04 bits per heavy atom. The molecule has 2 aromatic rings. The van der Waals surface area contributed by atoms with Crippen molar-refractivity contribution >= 4 is 23.4 Å². The quantitative estimate of drug-likeness (QED) is 0.818. The number of nitrogens with one attached hydrogen (secondary N) is 2. The Morgan fingerprint density at radius 2 is 1.78 bits per heavy atom. The van der Waals surface area contributed by atoms with Gasteiger partial charge in [0, 0.05) is 25.2 Å². The second-order valence-corrected chi connectivity index (χ2v) is 6.25. The number of carbonyl (C=O) groups excluding carboxylic acids is 3. The van der Waals surface area contributed by atoms with E-state index in [9.17, 15) is 18.8 Å². The van der Waals surface area contributed by atoms with Crippen molar-refractivity contribution in [3.8, 4) is 0 Å². The first-order valence-electron chi connectivity index (χ1n) is 8.73. The molecule has 0 aliphatic carbocycles. The fraction of sp³-hybridized carbons (Fsp3) is 0.250. The first-order chi connectivity index (χ1) is 13.0. The highest BCUT2D eigenvalue weighted by molar-refractivity contribution is 5.96. The van der Waals surface area contributed by atoms with E-state index in [2.05, 4.69) is 10.6 Å². The van der Waals surface area contributed by atoms with Crippen molar-refractivity contribution in [2.75, 3.05) is 18.0 Å². The number of benzene rings is 2. The minimum atomic E-state index is -0.636. The summed E-state index contributed by atoms with van der Waals surface area (Å²) in [6, 6.07) is 13.0. The zero-order valence-electron chi connectivity index (χ0n) is 14.7. The smallest absolute Gasteiger partial charge is 0.254 e. The molecule has 0 atom stereocenters. The molecule has 0 radical (unpaired) electrons. The normalized spacial score (nSPS) is 13.5. The number of hydrogen-bond donors (Lipinski definition) is 2. The number of hydrogen-bond acceptors (Lipinski definition) is 3. The van der Waals surface area contributed by atoms with Crippen LogP contribution in [0.25, 0.3) is 0 Å². The molecule has 1 saturated heterocycles. The van der Waals surface area contributed by atoms with Gasteiger partial charge in [0.15, 0.2) is 0 Å². The molecule has 0 saturated carbocycles. The highest BCUT2D eigenvalue weighted by atomic mass is 19.1. The third-order valence-corrected chi connectivity index (χ3v) is 4.34. The van der Waals surface area contributed by atoms with Gasteiger partial charge in [0.2, 0.25) is 11.8 Å². The summed E-state index contributed by atoms with van der Waals surface area (Å²) in [6.07, 6.45) is 1.45. The monoisotopic (exact) mass is 369 g/mol. The first-order valence-corrected chi connectivity index (χ1v) is 8.73. The predicted octanol–water partition coefficient (Wildman–Crippen LogP) is 2.00. The summed E-state index contributed by atoms with van der Waals surface area (Å²) in [5, 5.41) is 5.08. The summed E-state index contributed by atoms with van der Waals surface area (Å²) in [6.45, 7) is 0.785. The molecule has 0 bridgehead atoms. The van der Waals surface area contributed by atoms with Crippen LogP contribution >= 0.6 is 0 Å². The van der Waals surface area contributed by atoms with Crippen LogP contribution in [0.2, 0.25) is 0 Å². The number of halogens is 1. The second-order valence-electron chi connectivity index (χ2n) is 6.25. The summed E-state index contributed by atoms with van der Waals surface area (Å²) in [5.74, 6) is -1.52. The molecule has 1 heterocycles. The molecule has 3 rings (SSSR count). The maximum absolute atomic E-state index is 13.5. The fourth-order valence-electron chi connectivity index (χ4n) is 2.88. The van der Waals surface area contributed by atoms with E-state index in [-0.39, 0.29) is 23.9 Å². The third-order valence-electron chi connectivity index (χ3n) is 4.34. The molecule has 0 unspecified atom stereocenters. The van der Waals surface area contributed by atoms with Crippen molar-refractivity contribution in [1.29, 1.82) is 0 Å². The van der Waals surface area contributed by atoms with E-state index in [0.29, 0.717) is 13.0 Å². The molecular formula is C20H20FN3O3. The number of amides is 3. The van der Waals surface area contributed by atoms with Crippen LogP contribution in [0, 0.1) is 5.82 Å². The van der Waals surface area contributed by atoms with Crippen LogP contribution < -0.4 is 15.5 Å². The van der Waals surface area contributed by atoms with Crippen molar-refractivity contribution in [1.82, 2.24) is 10.6 Å². The van der Waals surface area contributed by atoms with Crippen LogP contribution in [0.1, 0.15) is 28.8 Å². The maximum atomic E-state index is 13.5. The van der Waals surface area contributed by atoms with E-state index >= 15 is 0 Å². The van der Waals surface area contributed by atoms with Crippen LogP contribution in [-0.2, 0) is 16.1 Å². The highest BCUT2D eigenvalue weighted by Crippen LogP contribution is 2.21. The first kappa shape index (κ1) is 18.6. The van der Waals surface area contributed by atoms with Gasteiger partial charge in [-0.05, 0) is 36.2 Å². The zero-order valence-corrected chi connectivity index (χ0v) is 14.7. The molecular weight excluding hydrogens is 349 g/mol. The van der Waals surface area contributed by atoms with E-state index in [4.69, 9.17) is 0 Å². The highest BCUT2D eigenvalue weighted by Gasteiger charge is 2.21.